The Morgan fingerprint density at radius 1 is 0.889 bits per heavy atom. The van der Waals surface area contributed by atoms with Crippen molar-refractivity contribution in [3.63, 3.8) is 0 Å². The molecule has 36 heavy (non-hydrogen) atoms. The number of Topliss-reactive ketones (excluding diaryl/α,β-unsaturated/α-hetero) is 2. The minimum atomic E-state index is -4.16. The molecule has 0 fully saturated rings. The summed E-state index contributed by atoms with van der Waals surface area (Å²) in [4.78, 5) is 26.7. The molecule has 0 aliphatic carbocycles. The maximum atomic E-state index is 13.9. The predicted octanol–water partition coefficient (Wildman–Crippen LogP) is 3.64. The second kappa shape index (κ2) is 9.23. The van der Waals surface area contributed by atoms with Gasteiger partial charge >= 0.3 is 0 Å². The molecule has 4 rings (SSSR count). The first-order valence-corrected chi connectivity index (χ1v) is 11.8. The summed E-state index contributed by atoms with van der Waals surface area (Å²) in [6.45, 7) is 1.23. The van der Waals surface area contributed by atoms with Gasteiger partial charge in [0.1, 0.15) is 28.9 Å². The van der Waals surface area contributed by atoms with Gasteiger partial charge in [-0.1, -0.05) is 12.1 Å². The molecular weight excluding hydrogens is 492 g/mol. The molecule has 6 N–H and O–H groups in total. The third-order valence-corrected chi connectivity index (χ3v) is 6.54. The smallest absolute Gasteiger partial charge is 0.262 e. The van der Waals surface area contributed by atoms with Crippen molar-refractivity contribution in [1.82, 2.24) is 4.72 Å². The Morgan fingerprint density at radius 3 is 2.19 bits per heavy atom. The summed E-state index contributed by atoms with van der Waals surface area (Å²) < 4.78 is 54.7. The molecule has 0 aromatic heterocycles. The summed E-state index contributed by atoms with van der Waals surface area (Å²) >= 11 is 0. The number of nitrogens with two attached hydrogens (primary N) is 1. The van der Waals surface area contributed by atoms with Crippen LogP contribution in [-0.4, -0.2) is 25.8 Å². The number of nitrogen functional groups attached to an aromatic ring is 1. The number of fused-ring (bicyclic) bond motifs is 1. The number of amidine groups is 1. The van der Waals surface area contributed by atoms with Crippen molar-refractivity contribution in [3.05, 3.63) is 94.8 Å². The third kappa shape index (κ3) is 4.93. The van der Waals surface area contributed by atoms with Crippen molar-refractivity contribution in [2.75, 3.05) is 16.4 Å². The fourth-order valence-corrected chi connectivity index (χ4v) is 4.63. The lowest BCUT2D eigenvalue weighted by molar-refractivity contribution is 0.0960. The summed E-state index contributed by atoms with van der Waals surface area (Å²) in [5.41, 5.74) is 6.03. The van der Waals surface area contributed by atoms with Crippen LogP contribution in [0.15, 0.2) is 77.0 Å². The van der Waals surface area contributed by atoms with Crippen LogP contribution in [0.1, 0.15) is 27.6 Å². The van der Waals surface area contributed by atoms with Gasteiger partial charge in [-0.15, -0.1) is 0 Å². The Kier molecular flexibility index (Phi) is 6.29. The van der Waals surface area contributed by atoms with Crippen LogP contribution in [0.2, 0.25) is 0 Å². The van der Waals surface area contributed by atoms with Gasteiger partial charge in [0.05, 0.1) is 16.3 Å². The number of carbonyl (C=O) groups excluding carboxylic acids is 2. The van der Waals surface area contributed by atoms with E-state index in [4.69, 9.17) is 11.1 Å². The average molecular weight is 512 g/mol. The van der Waals surface area contributed by atoms with Crippen LogP contribution in [-0.2, 0) is 10.0 Å². The van der Waals surface area contributed by atoms with E-state index in [1.807, 2.05) is 4.72 Å². The highest BCUT2D eigenvalue weighted by Crippen LogP contribution is 2.34. The van der Waals surface area contributed by atoms with Crippen LogP contribution in [0.3, 0.4) is 0 Å². The van der Waals surface area contributed by atoms with Crippen LogP contribution in [0.25, 0.3) is 0 Å². The topological polar surface area (TPSA) is 154 Å². The van der Waals surface area contributed by atoms with Gasteiger partial charge in [-0.3, -0.25) is 19.7 Å². The van der Waals surface area contributed by atoms with E-state index < -0.39 is 44.4 Å². The van der Waals surface area contributed by atoms with Gasteiger partial charge in [-0.2, -0.15) is 0 Å². The van der Waals surface area contributed by atoms with Gasteiger partial charge in [0, 0.05) is 22.9 Å². The molecule has 0 spiro atoms. The zero-order valence-corrected chi connectivity index (χ0v) is 19.5. The minimum absolute atomic E-state index is 0.0722. The normalized spacial score (nSPS) is 13.8. The van der Waals surface area contributed by atoms with E-state index >= 15 is 0 Å². The first kappa shape index (κ1) is 24.5. The summed E-state index contributed by atoms with van der Waals surface area (Å²) in [6.07, 6.45) is 0. The second-order valence-electron chi connectivity index (χ2n) is 7.88. The van der Waals surface area contributed by atoms with Gasteiger partial charge < -0.3 is 16.4 Å². The number of sulfonamides is 1. The monoisotopic (exact) mass is 511 g/mol. The van der Waals surface area contributed by atoms with Crippen LogP contribution >= 0.6 is 0 Å². The maximum Gasteiger partial charge on any atom is 0.262 e. The number of hydrogen-bond acceptors (Lipinski definition) is 8. The molecule has 0 saturated heterocycles. The largest absolute Gasteiger partial charge is 0.399 e. The number of halogens is 2. The zero-order chi connectivity index (χ0) is 26.2. The van der Waals surface area contributed by atoms with E-state index in [2.05, 4.69) is 10.6 Å². The minimum Gasteiger partial charge on any atom is -0.399 e. The molecule has 0 unspecified atom stereocenters. The Labute approximate surface area is 204 Å². The van der Waals surface area contributed by atoms with Crippen LogP contribution < -0.4 is 21.1 Å². The number of anilines is 3. The number of allylic oxidation sites excluding steroid dienone is 1. The van der Waals surface area contributed by atoms with Crippen molar-refractivity contribution in [1.29, 1.82) is 5.41 Å². The van der Waals surface area contributed by atoms with E-state index in [1.54, 1.807) is 18.2 Å². The summed E-state index contributed by atoms with van der Waals surface area (Å²) in [5.74, 6) is -4.36. The van der Waals surface area contributed by atoms with Crippen molar-refractivity contribution >= 4 is 44.5 Å². The summed E-state index contributed by atoms with van der Waals surface area (Å²) in [7, 11) is -4.16. The van der Waals surface area contributed by atoms with E-state index in [1.165, 1.54) is 25.1 Å². The van der Waals surface area contributed by atoms with E-state index in [0.29, 0.717) is 23.1 Å². The van der Waals surface area contributed by atoms with Crippen molar-refractivity contribution < 1.29 is 26.8 Å². The van der Waals surface area contributed by atoms with Crippen molar-refractivity contribution in [2.24, 2.45) is 0 Å². The van der Waals surface area contributed by atoms with Crippen molar-refractivity contribution in [2.45, 2.75) is 11.8 Å². The van der Waals surface area contributed by atoms with Gasteiger partial charge in [-0.05, 0) is 49.4 Å². The Balaban J connectivity index is 1.84. The standard InChI is InChI=1S/C24H19F2N5O4S/c1-12(27)31-36(34,35)18-4-2-3-13(9-18)22(32)21(23(33)14-7-15(25)10-16(26)8-14)24-29-19-6-5-17(28)11-20(19)30-24/h2-11,29-30H,28H2,1H3,(H2,27,31). The molecule has 0 atom stereocenters. The number of rotatable bonds is 6. The fourth-order valence-electron chi connectivity index (χ4n) is 3.57. The van der Waals surface area contributed by atoms with E-state index in [9.17, 15) is 26.8 Å². The highest BCUT2D eigenvalue weighted by molar-refractivity contribution is 7.90. The Hall–Kier alpha value is -4.58. The Bertz CT molecular complexity index is 1560. The Morgan fingerprint density at radius 2 is 1.53 bits per heavy atom. The first-order valence-electron chi connectivity index (χ1n) is 10.4. The van der Waals surface area contributed by atoms with Crippen LogP contribution in [0.5, 0.6) is 0 Å². The summed E-state index contributed by atoms with van der Waals surface area (Å²) in [6, 6.07) is 11.8. The molecule has 1 aliphatic heterocycles. The fraction of sp³-hybridized carbons (Fsp3) is 0.0417. The first-order chi connectivity index (χ1) is 16.9. The molecule has 0 bridgehead atoms. The average Bonchev–Trinajstić information content (AvgIpc) is 3.20. The maximum absolute atomic E-state index is 13.9. The molecule has 3 aromatic rings. The molecule has 3 aromatic carbocycles. The SMILES string of the molecule is CC(=N)NS(=O)(=O)c1cccc(C(=O)C(C(=O)c2cc(F)cc(F)c2)=C2Nc3ccc(N)cc3N2)c1. The lowest BCUT2D eigenvalue weighted by Crippen LogP contribution is -2.28. The van der Waals surface area contributed by atoms with E-state index in [0.717, 1.165) is 18.2 Å². The summed E-state index contributed by atoms with van der Waals surface area (Å²) in [5, 5.41) is 13.2. The van der Waals surface area contributed by atoms with Gasteiger partial charge in [0.25, 0.3) is 10.0 Å². The molecule has 1 aliphatic rings. The molecule has 184 valence electrons. The van der Waals surface area contributed by atoms with Gasteiger partial charge in [-0.25, -0.2) is 17.2 Å². The number of hydrogen-bond donors (Lipinski definition) is 5. The highest BCUT2D eigenvalue weighted by atomic mass is 32.2. The predicted molar refractivity (Wildman–Crippen MR) is 130 cm³/mol. The molecule has 0 amide bonds. The lowest BCUT2D eigenvalue weighted by Gasteiger charge is -2.12. The molecular formula is C24H19F2N5O4S. The number of benzene rings is 3. The highest BCUT2D eigenvalue weighted by Gasteiger charge is 2.30. The number of carbonyl (C=O) groups is 2. The molecule has 0 saturated carbocycles. The van der Waals surface area contributed by atoms with Gasteiger partial charge in [0.2, 0.25) is 11.6 Å². The third-order valence-electron chi connectivity index (χ3n) is 5.09. The lowest BCUT2D eigenvalue weighted by atomic mass is 9.95. The molecule has 9 nitrogen and oxygen atoms in total. The number of ketones is 2. The van der Waals surface area contributed by atoms with E-state index in [-0.39, 0.29) is 22.1 Å². The second-order valence-corrected chi connectivity index (χ2v) is 9.56. The van der Waals surface area contributed by atoms with Gasteiger partial charge in [0.15, 0.2) is 0 Å². The quantitative estimate of drug-likeness (QED) is 0.0644. The van der Waals surface area contributed by atoms with Crippen LogP contribution in [0.4, 0.5) is 25.8 Å². The van der Waals surface area contributed by atoms with Crippen molar-refractivity contribution in [3.8, 4) is 0 Å². The molecule has 12 heteroatoms. The number of nitrogens with one attached hydrogen (secondary N) is 4. The zero-order valence-electron chi connectivity index (χ0n) is 18.6. The molecule has 1 heterocycles. The molecule has 0 radical (unpaired) electrons. The van der Waals surface area contributed by atoms with Crippen LogP contribution in [0, 0.1) is 17.0 Å².